The van der Waals surface area contributed by atoms with Crippen LogP contribution in [0.2, 0.25) is 0 Å². The number of nitrogens with one attached hydrogen (secondary N) is 1. The van der Waals surface area contributed by atoms with Crippen molar-refractivity contribution in [3.63, 3.8) is 0 Å². The lowest BCUT2D eigenvalue weighted by Crippen LogP contribution is -2.47. The molecule has 382 valence electrons. The Balaban J connectivity index is 0.966. The summed E-state index contributed by atoms with van der Waals surface area (Å²) in [5, 5.41) is 61.2. The molecule has 7 atom stereocenters. The molecule has 11 heteroatoms. The lowest BCUT2D eigenvalue weighted by atomic mass is 9.57. The van der Waals surface area contributed by atoms with Crippen LogP contribution in [0.3, 0.4) is 0 Å². The summed E-state index contributed by atoms with van der Waals surface area (Å²) in [5.74, 6) is 9.30. The van der Waals surface area contributed by atoms with Crippen molar-refractivity contribution in [2.75, 3.05) is 19.8 Å². The van der Waals surface area contributed by atoms with Crippen LogP contribution in [-0.4, -0.2) is 68.3 Å². The number of benzene rings is 5. The molecule has 11 nitrogen and oxygen atoms in total. The fraction of sp³-hybridized carbons (Fsp3) is 0.397. The maximum absolute atomic E-state index is 12.2. The van der Waals surface area contributed by atoms with Gasteiger partial charge in [0.05, 0.1) is 38.2 Å². The molecule has 8 N–H and O–H groups in total. The molecule has 5 aromatic carbocycles. The number of aliphatic hydroxyl groups is 2. The highest BCUT2D eigenvalue weighted by atomic mass is 16.5. The van der Waals surface area contributed by atoms with E-state index in [0.717, 1.165) is 112 Å². The molecule has 0 saturated carbocycles. The van der Waals surface area contributed by atoms with Gasteiger partial charge in [0, 0.05) is 64.2 Å². The second-order valence-corrected chi connectivity index (χ2v) is 21.8. The van der Waals surface area contributed by atoms with Crippen LogP contribution in [0.25, 0.3) is 16.6 Å². The number of rotatable bonds is 7. The summed E-state index contributed by atoms with van der Waals surface area (Å²) in [4.78, 5) is 0. The molecule has 1 unspecified atom stereocenters. The number of hydrogen-bond acceptors (Lipinski definition) is 10. The molecule has 2 aliphatic carbocycles. The first-order chi connectivity index (χ1) is 36.1. The number of aryl methyl sites for hydroxylation is 2. The third kappa shape index (κ3) is 9.26. The average Bonchev–Trinajstić information content (AvgIpc) is 3.84. The highest BCUT2D eigenvalue weighted by molar-refractivity contribution is 5.88. The molecule has 0 spiro atoms. The summed E-state index contributed by atoms with van der Waals surface area (Å²) < 4.78 is 22.3. The van der Waals surface area contributed by atoms with Crippen LogP contribution in [0.1, 0.15) is 107 Å². The van der Waals surface area contributed by atoms with E-state index in [1.54, 1.807) is 24.3 Å². The van der Waals surface area contributed by atoms with Crippen LogP contribution in [0.15, 0.2) is 115 Å². The van der Waals surface area contributed by atoms with E-state index < -0.39 is 12.3 Å². The second-order valence-electron chi connectivity index (χ2n) is 21.8. The lowest BCUT2D eigenvalue weighted by molar-refractivity contribution is -0.00236. The third-order valence-corrected chi connectivity index (χ3v) is 17.4. The maximum Gasteiger partial charge on any atom is 0.164 e. The Morgan fingerprint density at radius 3 is 2.64 bits per heavy atom. The Bertz CT molecular complexity index is 3250. The van der Waals surface area contributed by atoms with Gasteiger partial charge in [-0.3, -0.25) is 0 Å². The predicted molar refractivity (Wildman–Crippen MR) is 286 cm³/mol. The van der Waals surface area contributed by atoms with Crippen molar-refractivity contribution >= 4 is 16.6 Å². The van der Waals surface area contributed by atoms with Crippen LogP contribution in [0.5, 0.6) is 23.0 Å². The largest absolute Gasteiger partial charge is 0.508 e. The molecule has 8 bridgehead atoms. The van der Waals surface area contributed by atoms with Crippen LogP contribution < -0.4 is 15.8 Å². The highest BCUT2D eigenvalue weighted by Crippen LogP contribution is 2.52. The molecule has 1 saturated heterocycles. The molecule has 6 heterocycles. The van der Waals surface area contributed by atoms with Crippen molar-refractivity contribution in [1.29, 1.82) is 0 Å². The van der Waals surface area contributed by atoms with Crippen molar-refractivity contribution in [2.24, 2.45) is 23.5 Å². The second kappa shape index (κ2) is 20.3. The minimum atomic E-state index is -0.667. The number of phenolic OH excluding ortho intramolecular Hbond substituents is 3. The average molecular weight is 994 g/mol. The number of dihydropyridines is 1. The van der Waals surface area contributed by atoms with Gasteiger partial charge in [0.2, 0.25) is 0 Å². The smallest absolute Gasteiger partial charge is 0.164 e. The molecule has 0 radical (unpaired) electrons. The molecular weight excluding hydrogens is 927 g/mol. The van der Waals surface area contributed by atoms with E-state index in [4.69, 9.17) is 19.9 Å². The number of aliphatic hydroxyl groups excluding tert-OH is 2. The number of ether oxygens (including phenoxy) is 3. The Labute approximate surface area is 433 Å². The van der Waals surface area contributed by atoms with E-state index in [2.05, 4.69) is 76.6 Å². The van der Waals surface area contributed by atoms with Crippen LogP contribution in [0.4, 0.5) is 0 Å². The summed E-state index contributed by atoms with van der Waals surface area (Å²) in [6, 6.07) is 28.3. The Morgan fingerprint density at radius 1 is 0.838 bits per heavy atom. The van der Waals surface area contributed by atoms with Gasteiger partial charge in [-0.25, -0.2) is 0 Å². The van der Waals surface area contributed by atoms with Crippen LogP contribution in [0, 0.1) is 29.6 Å². The first-order valence-electron chi connectivity index (χ1n) is 26.9. The van der Waals surface area contributed by atoms with Gasteiger partial charge in [0.1, 0.15) is 23.9 Å². The predicted octanol–water partition coefficient (Wildman–Crippen LogP) is 9.36. The standard InChI is InChI=1S/C63H67N3O8/c64-60-30-42-15-13-38(11-12-39-14-20-57(69)44(23-39)24-40-6-3-8-50(68)25-40)5-4-9-51-31-58(70)43-17-19-52-53(28-43)46(34-67)29-59(71)61(52)74-35-47-27-49(26-45-32-66(33-54(45)47)62(65-60)55(42)37-73-51)63-21-22-72-36-48(63)18-16-41-7-1-2-10-56(41)63/h1-3,6-8,10,14,20,23,25-27,29-30,32-33,38,43,48,51,58,60,65,67-71H,4-5,9,11-12,16-19,21-22,24,28,31,34-37,64H2/t38-,43-,48+,51+,58+,60?,63+/m1/s1. The fourth-order valence-electron chi connectivity index (χ4n) is 13.5. The molecule has 7 aliphatic rings. The molecule has 1 aromatic heterocycles. The van der Waals surface area contributed by atoms with E-state index in [9.17, 15) is 25.5 Å². The van der Waals surface area contributed by atoms with Gasteiger partial charge < -0.3 is 55.4 Å². The highest BCUT2D eigenvalue weighted by Gasteiger charge is 2.48. The van der Waals surface area contributed by atoms with Gasteiger partial charge in [0.25, 0.3) is 0 Å². The zero-order valence-corrected chi connectivity index (χ0v) is 42.0. The van der Waals surface area contributed by atoms with Gasteiger partial charge in [-0.15, -0.1) is 0 Å². The van der Waals surface area contributed by atoms with Gasteiger partial charge >= 0.3 is 0 Å². The lowest BCUT2D eigenvalue weighted by Gasteiger charge is -2.49. The number of hydrogen-bond donors (Lipinski definition) is 7. The first kappa shape index (κ1) is 48.4. The van der Waals surface area contributed by atoms with Gasteiger partial charge in [0.15, 0.2) is 11.5 Å². The molecule has 0 amide bonds. The third-order valence-electron chi connectivity index (χ3n) is 17.4. The summed E-state index contributed by atoms with van der Waals surface area (Å²) in [5.41, 5.74) is 18.7. The molecule has 5 aliphatic heterocycles. The quantitative estimate of drug-likeness (QED) is 0.0765. The Kier molecular flexibility index (Phi) is 13.3. The number of aromatic nitrogens is 1. The Morgan fingerprint density at radius 2 is 1.74 bits per heavy atom. The van der Waals surface area contributed by atoms with Crippen molar-refractivity contribution in [3.05, 3.63) is 170 Å². The minimum Gasteiger partial charge on any atom is -0.508 e. The van der Waals surface area contributed by atoms with Crippen LogP contribution in [-0.2, 0) is 60.2 Å². The van der Waals surface area contributed by atoms with E-state index in [1.165, 1.54) is 16.7 Å². The van der Waals surface area contributed by atoms with Crippen molar-refractivity contribution < 1.29 is 39.7 Å². The van der Waals surface area contributed by atoms with E-state index in [-0.39, 0.29) is 60.4 Å². The minimum absolute atomic E-state index is 0.0149. The summed E-state index contributed by atoms with van der Waals surface area (Å²) in [6.45, 7) is 1.59. The number of aromatic hydroxyl groups is 3. The van der Waals surface area contributed by atoms with Crippen LogP contribution >= 0.6 is 0 Å². The fourth-order valence-corrected chi connectivity index (χ4v) is 13.5. The van der Waals surface area contributed by atoms with Crippen molar-refractivity contribution in [1.82, 2.24) is 9.88 Å². The van der Waals surface area contributed by atoms with Gasteiger partial charge in [-0.05, 0) is 175 Å². The monoisotopic (exact) mass is 993 g/mol. The van der Waals surface area contributed by atoms with E-state index >= 15 is 0 Å². The first-order valence-corrected chi connectivity index (χ1v) is 26.9. The summed E-state index contributed by atoms with van der Waals surface area (Å²) in [7, 11) is 0. The normalized spacial score (nSPS) is 25.6. The zero-order valence-electron chi connectivity index (χ0n) is 42.0. The molecule has 74 heavy (non-hydrogen) atoms. The van der Waals surface area contributed by atoms with E-state index in [1.807, 2.05) is 24.3 Å². The number of fused-ring (bicyclic) bond motifs is 6. The van der Waals surface area contributed by atoms with Crippen molar-refractivity contribution in [3.8, 4) is 34.8 Å². The van der Waals surface area contributed by atoms with Crippen molar-refractivity contribution in [2.45, 2.75) is 120 Å². The van der Waals surface area contributed by atoms with Gasteiger partial charge in [-0.2, -0.15) is 0 Å². The molecule has 6 aromatic rings. The summed E-state index contributed by atoms with van der Waals surface area (Å²) >= 11 is 0. The molecular formula is C63H67N3O8. The zero-order chi connectivity index (χ0) is 50.5. The maximum atomic E-state index is 12.2. The topological polar surface area (TPSA) is 172 Å². The number of phenols is 3. The van der Waals surface area contributed by atoms with E-state index in [0.29, 0.717) is 62.5 Å². The number of nitrogens with zero attached hydrogens (tertiary/aromatic N) is 1. The Hall–Kier alpha value is -6.52. The summed E-state index contributed by atoms with van der Waals surface area (Å²) in [6.07, 6.45) is 14.6. The van der Waals surface area contributed by atoms with Gasteiger partial charge in [-0.1, -0.05) is 66.4 Å². The number of nitrogens with two attached hydrogens (primary N) is 1. The molecule has 13 rings (SSSR count). The SMILES string of the molecule is NC1C=C2C#C[C@@H](CCc3ccc(O)c(Cc4cccc(O)c4)c3)CCC[C@H]3C[C@H](O)[C@@H]4CCc5c(c(CO)cc(O)c5OCc5cc([C@]67CCOC[C@@H]6CCc6ccccc67)cc6cn(cc56)C(=C2CO3)N1)C4. The molecule has 1 fully saturated rings.